The van der Waals surface area contributed by atoms with Gasteiger partial charge in [0.05, 0.1) is 17.9 Å². The van der Waals surface area contributed by atoms with Crippen molar-refractivity contribution in [3.63, 3.8) is 0 Å². The molecule has 0 saturated carbocycles. The van der Waals surface area contributed by atoms with E-state index < -0.39 is 5.97 Å². The highest BCUT2D eigenvalue weighted by Crippen LogP contribution is 2.26. The molecule has 0 bridgehead atoms. The summed E-state index contributed by atoms with van der Waals surface area (Å²) in [6.45, 7) is 2.07. The fourth-order valence-corrected chi connectivity index (χ4v) is 1.90. The van der Waals surface area contributed by atoms with Crippen molar-refractivity contribution < 1.29 is 19.4 Å². The molecule has 1 rings (SSSR count). The third-order valence-corrected chi connectivity index (χ3v) is 2.97. The molecule has 0 atom stereocenters. The smallest absolute Gasteiger partial charge is 0.335 e. The van der Waals surface area contributed by atoms with Gasteiger partial charge in [-0.2, -0.15) is 0 Å². The first-order valence-corrected chi connectivity index (χ1v) is 5.94. The van der Waals surface area contributed by atoms with Gasteiger partial charge in [0.25, 0.3) is 0 Å². The molecule has 0 saturated heterocycles. The van der Waals surface area contributed by atoms with E-state index in [0.29, 0.717) is 17.2 Å². The lowest BCUT2D eigenvalue weighted by Gasteiger charge is -2.06. The molecule has 17 heavy (non-hydrogen) atoms. The molecule has 1 aromatic carbocycles. The second-order valence-corrected chi connectivity index (χ2v) is 4.17. The van der Waals surface area contributed by atoms with Gasteiger partial charge >= 0.3 is 11.9 Å². The Morgan fingerprint density at radius 1 is 1.47 bits per heavy atom. The number of carboxylic acid groups (broad SMARTS) is 1. The lowest BCUT2D eigenvalue weighted by molar-refractivity contribution is -0.139. The van der Waals surface area contributed by atoms with Crippen LogP contribution in [0.3, 0.4) is 0 Å². The van der Waals surface area contributed by atoms with E-state index in [9.17, 15) is 9.59 Å². The van der Waals surface area contributed by atoms with Gasteiger partial charge in [-0.15, -0.1) is 11.8 Å². The highest BCUT2D eigenvalue weighted by Gasteiger charge is 2.09. The summed E-state index contributed by atoms with van der Waals surface area (Å²) in [6, 6.07) is 4.41. The second-order valence-electron chi connectivity index (χ2n) is 3.15. The van der Waals surface area contributed by atoms with Gasteiger partial charge in [-0.05, 0) is 25.1 Å². The van der Waals surface area contributed by atoms with Crippen LogP contribution in [0, 0.1) is 0 Å². The Bertz CT molecular complexity index is 433. The number of carbonyl (C=O) groups is 2. The highest BCUT2D eigenvalue weighted by molar-refractivity contribution is 8.00. The second kappa shape index (κ2) is 6.15. The Balaban J connectivity index is 2.66. The van der Waals surface area contributed by atoms with E-state index in [1.54, 1.807) is 13.0 Å². The summed E-state index contributed by atoms with van der Waals surface area (Å²) in [5.74, 6) is -1.19. The lowest BCUT2D eigenvalue weighted by Crippen LogP contribution is -2.07. The van der Waals surface area contributed by atoms with Gasteiger partial charge in [0.2, 0.25) is 0 Å². The number of ether oxygens (including phenoxy) is 1. The molecular weight excluding hydrogens is 242 g/mol. The van der Waals surface area contributed by atoms with Gasteiger partial charge in [-0.25, -0.2) is 4.79 Å². The zero-order chi connectivity index (χ0) is 12.8. The summed E-state index contributed by atoms with van der Waals surface area (Å²) in [6.07, 6.45) is 0. The van der Waals surface area contributed by atoms with Crippen LogP contribution in [-0.2, 0) is 9.53 Å². The van der Waals surface area contributed by atoms with E-state index in [4.69, 9.17) is 15.6 Å². The first-order valence-electron chi connectivity index (χ1n) is 4.95. The van der Waals surface area contributed by atoms with Crippen LogP contribution in [0.5, 0.6) is 0 Å². The number of thioether (sulfide) groups is 1. The number of carbonyl (C=O) groups excluding carboxylic acids is 1. The first-order chi connectivity index (χ1) is 8.04. The fraction of sp³-hybridized carbons (Fsp3) is 0.273. The van der Waals surface area contributed by atoms with Gasteiger partial charge in [-0.3, -0.25) is 4.79 Å². The van der Waals surface area contributed by atoms with Crippen LogP contribution in [-0.4, -0.2) is 29.4 Å². The molecule has 92 valence electrons. The molecule has 0 amide bonds. The fourth-order valence-electron chi connectivity index (χ4n) is 1.15. The maximum atomic E-state index is 11.1. The summed E-state index contributed by atoms with van der Waals surface area (Å²) < 4.78 is 4.77. The van der Waals surface area contributed by atoms with Crippen molar-refractivity contribution in [3.8, 4) is 0 Å². The Labute approximate surface area is 103 Å². The number of rotatable bonds is 5. The van der Waals surface area contributed by atoms with Gasteiger partial charge in [0, 0.05) is 10.6 Å². The monoisotopic (exact) mass is 255 g/mol. The number of anilines is 1. The van der Waals surface area contributed by atoms with Gasteiger partial charge < -0.3 is 15.6 Å². The summed E-state index contributed by atoms with van der Waals surface area (Å²) in [7, 11) is 0. The minimum absolute atomic E-state index is 0.128. The number of carboxylic acids is 1. The number of nitrogen functional groups attached to an aromatic ring is 1. The molecule has 0 aliphatic carbocycles. The third-order valence-electron chi connectivity index (χ3n) is 1.91. The molecule has 0 radical (unpaired) electrons. The van der Waals surface area contributed by atoms with Crippen LogP contribution in [0.25, 0.3) is 0 Å². The van der Waals surface area contributed by atoms with Crippen LogP contribution < -0.4 is 5.73 Å². The van der Waals surface area contributed by atoms with E-state index in [-0.39, 0.29) is 17.3 Å². The van der Waals surface area contributed by atoms with Crippen molar-refractivity contribution in [1.82, 2.24) is 0 Å². The molecule has 5 nitrogen and oxygen atoms in total. The Morgan fingerprint density at radius 3 is 2.71 bits per heavy atom. The van der Waals surface area contributed by atoms with E-state index in [0.717, 1.165) is 0 Å². The molecule has 1 aromatic rings. The zero-order valence-corrected chi connectivity index (χ0v) is 10.1. The average molecular weight is 255 g/mol. The van der Waals surface area contributed by atoms with Crippen LogP contribution in [0.15, 0.2) is 23.1 Å². The quantitative estimate of drug-likeness (QED) is 0.472. The van der Waals surface area contributed by atoms with Crippen LogP contribution in [0.1, 0.15) is 17.3 Å². The Kier molecular flexibility index (Phi) is 4.84. The number of aromatic carboxylic acids is 1. The summed E-state index contributed by atoms with van der Waals surface area (Å²) in [4.78, 5) is 22.5. The van der Waals surface area contributed by atoms with Crippen molar-refractivity contribution in [3.05, 3.63) is 23.8 Å². The Morgan fingerprint density at radius 2 is 2.18 bits per heavy atom. The summed E-state index contributed by atoms with van der Waals surface area (Å²) >= 11 is 1.22. The minimum Gasteiger partial charge on any atom is -0.478 e. The van der Waals surface area contributed by atoms with E-state index in [1.807, 2.05) is 0 Å². The van der Waals surface area contributed by atoms with Gasteiger partial charge in [0.1, 0.15) is 0 Å². The zero-order valence-electron chi connectivity index (χ0n) is 9.30. The number of hydrogen-bond donors (Lipinski definition) is 2. The van der Waals surface area contributed by atoms with Crippen LogP contribution in [0.2, 0.25) is 0 Å². The van der Waals surface area contributed by atoms with E-state index in [1.165, 1.54) is 23.9 Å². The highest BCUT2D eigenvalue weighted by atomic mass is 32.2. The van der Waals surface area contributed by atoms with E-state index in [2.05, 4.69) is 0 Å². The molecule has 0 fully saturated rings. The number of benzene rings is 1. The maximum Gasteiger partial charge on any atom is 0.335 e. The molecule has 0 aromatic heterocycles. The van der Waals surface area contributed by atoms with Crippen LogP contribution in [0.4, 0.5) is 5.69 Å². The average Bonchev–Trinajstić information content (AvgIpc) is 2.27. The SMILES string of the molecule is CCOC(=O)CSc1ccc(C(=O)O)cc1N. The molecule has 0 heterocycles. The van der Waals surface area contributed by atoms with Crippen molar-refractivity contribution in [2.75, 3.05) is 18.1 Å². The van der Waals surface area contributed by atoms with Gasteiger partial charge in [-0.1, -0.05) is 0 Å². The molecule has 0 unspecified atom stereocenters. The molecular formula is C11H13NO4S. The van der Waals surface area contributed by atoms with Crippen molar-refractivity contribution in [1.29, 1.82) is 0 Å². The number of nitrogens with two attached hydrogens (primary N) is 1. The third kappa shape index (κ3) is 3.99. The molecule has 3 N–H and O–H groups in total. The number of hydrogen-bond acceptors (Lipinski definition) is 5. The Hall–Kier alpha value is -1.69. The largest absolute Gasteiger partial charge is 0.478 e. The van der Waals surface area contributed by atoms with Crippen LogP contribution >= 0.6 is 11.8 Å². The van der Waals surface area contributed by atoms with Crippen molar-refractivity contribution in [2.24, 2.45) is 0 Å². The molecule has 0 aliphatic rings. The van der Waals surface area contributed by atoms with E-state index >= 15 is 0 Å². The lowest BCUT2D eigenvalue weighted by atomic mass is 10.2. The van der Waals surface area contributed by atoms with Crippen molar-refractivity contribution >= 4 is 29.4 Å². The first kappa shape index (κ1) is 13.4. The predicted molar refractivity (Wildman–Crippen MR) is 65.2 cm³/mol. The summed E-state index contributed by atoms with van der Waals surface area (Å²) in [5.41, 5.74) is 6.16. The van der Waals surface area contributed by atoms with Crippen molar-refractivity contribution in [2.45, 2.75) is 11.8 Å². The normalized spacial score (nSPS) is 9.94. The topological polar surface area (TPSA) is 89.6 Å². The summed E-state index contributed by atoms with van der Waals surface area (Å²) in [5, 5.41) is 8.75. The van der Waals surface area contributed by atoms with Gasteiger partial charge in [0.15, 0.2) is 0 Å². The molecule has 6 heteroatoms. The predicted octanol–water partition coefficient (Wildman–Crippen LogP) is 1.62. The standard InChI is InChI=1S/C11H13NO4S/c1-2-16-10(13)6-17-9-4-3-7(11(14)15)5-8(9)12/h3-5H,2,6,12H2,1H3,(H,14,15). The number of esters is 1. The molecule has 0 spiro atoms. The minimum atomic E-state index is -1.03. The maximum absolute atomic E-state index is 11.1. The molecule has 0 aliphatic heterocycles.